The smallest absolute Gasteiger partial charge is 0.285 e. The number of thioether (sulfide) groups is 1. The zero-order valence-corrected chi connectivity index (χ0v) is 18.2. The van der Waals surface area contributed by atoms with Crippen molar-refractivity contribution < 1.29 is 4.57 Å². The summed E-state index contributed by atoms with van der Waals surface area (Å²) in [7, 11) is 0. The predicted molar refractivity (Wildman–Crippen MR) is 117 cm³/mol. The molecule has 1 aromatic heterocycles. The Bertz CT molecular complexity index is 996. The number of imidazole rings is 1. The zero-order valence-electron chi connectivity index (χ0n) is 15.8. The summed E-state index contributed by atoms with van der Waals surface area (Å²) >= 11 is 5.53. The van der Waals surface area contributed by atoms with Crippen LogP contribution < -0.4 is 4.57 Å². The number of fused-ring (bicyclic) bond motifs is 3. The van der Waals surface area contributed by atoms with E-state index in [4.69, 9.17) is 6.57 Å². The molecule has 0 radical (unpaired) electrons. The van der Waals surface area contributed by atoms with E-state index >= 15 is 0 Å². The first-order valence-electron chi connectivity index (χ1n) is 9.60. The summed E-state index contributed by atoms with van der Waals surface area (Å²) in [4.78, 5) is 6.13. The lowest BCUT2D eigenvalue weighted by Crippen LogP contribution is -2.40. The topological polar surface area (TPSA) is 16.4 Å². The molecule has 3 heterocycles. The van der Waals surface area contributed by atoms with E-state index in [2.05, 4.69) is 66.9 Å². The average Bonchev–Trinajstić information content (AvgIpc) is 3.27. The molecule has 0 spiro atoms. The maximum absolute atomic E-state index is 7.44. The van der Waals surface area contributed by atoms with Crippen molar-refractivity contribution in [2.45, 2.75) is 39.8 Å². The molecule has 0 atom stereocenters. The number of halogens is 1. The van der Waals surface area contributed by atoms with Crippen molar-refractivity contribution in [2.24, 2.45) is 0 Å². The van der Waals surface area contributed by atoms with Crippen LogP contribution in [0.3, 0.4) is 0 Å². The molecule has 0 unspecified atom stereocenters. The molecule has 27 heavy (non-hydrogen) atoms. The average molecular weight is 444 g/mol. The highest BCUT2D eigenvalue weighted by molar-refractivity contribution is 9.10. The fraction of sp³-hybridized carbons (Fsp3) is 0.429. The molecule has 2 aliphatic rings. The van der Waals surface area contributed by atoms with Gasteiger partial charge in [-0.1, -0.05) is 15.9 Å². The highest BCUT2D eigenvalue weighted by Gasteiger charge is 2.30. The van der Waals surface area contributed by atoms with Crippen LogP contribution in [0.4, 0.5) is 5.69 Å². The molecular weight excluding hydrogens is 420 g/mol. The van der Waals surface area contributed by atoms with Gasteiger partial charge in [0.05, 0.1) is 24.7 Å². The molecule has 2 aliphatic heterocycles. The van der Waals surface area contributed by atoms with Gasteiger partial charge in [0.25, 0.3) is 5.82 Å². The molecule has 140 valence electrons. The van der Waals surface area contributed by atoms with Gasteiger partial charge in [-0.25, -0.2) is 14.0 Å². The van der Waals surface area contributed by atoms with Gasteiger partial charge in [0.1, 0.15) is 0 Å². The van der Waals surface area contributed by atoms with E-state index < -0.39 is 0 Å². The zero-order chi connectivity index (χ0) is 19.0. The lowest BCUT2D eigenvalue weighted by molar-refractivity contribution is -0.678. The number of hydrogen-bond acceptors (Lipinski definition) is 2. The molecule has 0 amide bonds. The van der Waals surface area contributed by atoms with Crippen molar-refractivity contribution >= 4 is 50.0 Å². The number of allylic oxidation sites excluding steroid dienone is 3. The van der Waals surface area contributed by atoms with E-state index in [0.29, 0.717) is 5.69 Å². The molecule has 4 nitrogen and oxygen atoms in total. The van der Waals surface area contributed by atoms with Crippen LogP contribution in [0.5, 0.6) is 0 Å². The van der Waals surface area contributed by atoms with Crippen molar-refractivity contribution in [3.63, 3.8) is 0 Å². The van der Waals surface area contributed by atoms with E-state index in [1.165, 1.54) is 33.2 Å². The molecular formula is C21H24BrN4S+. The third kappa shape index (κ3) is 3.21. The Labute approximate surface area is 173 Å². The fourth-order valence-electron chi connectivity index (χ4n) is 4.12. The van der Waals surface area contributed by atoms with E-state index in [1.807, 2.05) is 17.8 Å². The summed E-state index contributed by atoms with van der Waals surface area (Å²) in [5.74, 6) is 2.49. The van der Waals surface area contributed by atoms with Crippen LogP contribution in [0.15, 0.2) is 33.8 Å². The van der Waals surface area contributed by atoms with Gasteiger partial charge in [0, 0.05) is 28.9 Å². The van der Waals surface area contributed by atoms with Crippen molar-refractivity contribution in [3.8, 4) is 0 Å². The van der Waals surface area contributed by atoms with Crippen LogP contribution >= 0.6 is 27.7 Å². The first-order chi connectivity index (χ1) is 13.2. The maximum Gasteiger partial charge on any atom is 0.285 e. The van der Waals surface area contributed by atoms with Gasteiger partial charge in [-0.2, -0.15) is 0 Å². The van der Waals surface area contributed by atoms with Crippen molar-refractivity contribution in [1.82, 2.24) is 9.47 Å². The highest BCUT2D eigenvalue weighted by Crippen LogP contribution is 2.34. The number of nitrogens with zero attached hydrogens (tertiary/aromatic N) is 4. The minimum atomic E-state index is 0.685. The van der Waals surface area contributed by atoms with Crippen LogP contribution in [0.2, 0.25) is 0 Å². The van der Waals surface area contributed by atoms with Crippen LogP contribution in [0, 0.1) is 6.57 Å². The minimum absolute atomic E-state index is 0.685. The second-order valence-electron chi connectivity index (χ2n) is 6.85. The Balaban J connectivity index is 1.87. The first-order valence-corrected chi connectivity index (χ1v) is 11.4. The van der Waals surface area contributed by atoms with Crippen LogP contribution in [-0.2, 0) is 13.1 Å². The Morgan fingerprint density at radius 2 is 2.15 bits per heavy atom. The van der Waals surface area contributed by atoms with Gasteiger partial charge < -0.3 is 4.90 Å². The SMILES string of the molecule is [C-]#[N+]c1cc2c(cc1Br)n(CC)c1[n+]2CCCC1=CC=C1SCCN1CC. The lowest BCUT2D eigenvalue weighted by atomic mass is 10.1. The monoisotopic (exact) mass is 443 g/mol. The molecule has 2 aromatic rings. The van der Waals surface area contributed by atoms with Gasteiger partial charge in [0.2, 0.25) is 5.69 Å². The number of benzene rings is 1. The minimum Gasteiger partial charge on any atom is -0.366 e. The number of aromatic nitrogens is 2. The second-order valence-corrected chi connectivity index (χ2v) is 8.82. The molecule has 0 aliphatic carbocycles. The number of aryl methyl sites for hydroxylation is 2. The van der Waals surface area contributed by atoms with Crippen LogP contribution in [-0.4, -0.2) is 28.3 Å². The Morgan fingerprint density at radius 3 is 2.89 bits per heavy atom. The van der Waals surface area contributed by atoms with Gasteiger partial charge in [-0.3, -0.25) is 0 Å². The normalized spacial score (nSPS) is 19.9. The third-order valence-electron chi connectivity index (χ3n) is 5.42. The van der Waals surface area contributed by atoms with Crippen molar-refractivity contribution in [3.05, 3.63) is 51.0 Å². The molecule has 0 bridgehead atoms. The number of hydrogen-bond donors (Lipinski definition) is 0. The summed E-state index contributed by atoms with van der Waals surface area (Å²) < 4.78 is 5.69. The van der Waals surface area contributed by atoms with E-state index in [-0.39, 0.29) is 0 Å². The Hall–Kier alpha value is -1.71. The fourth-order valence-corrected chi connectivity index (χ4v) is 5.63. The summed E-state index contributed by atoms with van der Waals surface area (Å²) in [6.45, 7) is 16.0. The summed E-state index contributed by atoms with van der Waals surface area (Å²) in [5, 5.41) is 1.39. The van der Waals surface area contributed by atoms with E-state index in [9.17, 15) is 0 Å². The van der Waals surface area contributed by atoms with Gasteiger partial charge >= 0.3 is 0 Å². The number of rotatable bonds is 3. The van der Waals surface area contributed by atoms with Gasteiger partial charge in [-0.05, 0) is 51.0 Å². The molecule has 1 saturated heterocycles. The van der Waals surface area contributed by atoms with E-state index in [1.54, 1.807) is 0 Å². The third-order valence-corrected chi connectivity index (χ3v) is 7.13. The first kappa shape index (κ1) is 18.6. The molecule has 0 N–H and O–H groups in total. The van der Waals surface area contributed by atoms with Crippen molar-refractivity contribution in [1.29, 1.82) is 0 Å². The molecule has 4 rings (SSSR count). The quantitative estimate of drug-likeness (QED) is 0.469. The molecule has 1 fully saturated rings. The van der Waals surface area contributed by atoms with Gasteiger partial charge in [-0.15, -0.1) is 11.8 Å². The summed E-state index contributed by atoms with van der Waals surface area (Å²) in [6.07, 6.45) is 6.89. The molecule has 0 saturated carbocycles. The highest BCUT2D eigenvalue weighted by atomic mass is 79.9. The molecule has 6 heteroatoms. The van der Waals surface area contributed by atoms with Gasteiger partial charge in [0.15, 0.2) is 11.0 Å². The largest absolute Gasteiger partial charge is 0.366 e. The second kappa shape index (κ2) is 7.73. The summed E-state index contributed by atoms with van der Waals surface area (Å²) in [5.41, 5.74) is 4.46. The molecule has 1 aromatic carbocycles. The van der Waals surface area contributed by atoms with Crippen LogP contribution in [0.1, 0.15) is 32.5 Å². The Kier molecular flexibility index (Phi) is 5.34. The lowest BCUT2D eigenvalue weighted by Gasteiger charge is -2.16. The Morgan fingerprint density at radius 1 is 1.30 bits per heavy atom. The predicted octanol–water partition coefficient (Wildman–Crippen LogP) is 5.35. The van der Waals surface area contributed by atoms with Crippen molar-refractivity contribution in [2.75, 3.05) is 18.8 Å². The standard InChI is InChI=1S/C21H24BrN4S/c1-4-24-11-12-27-20(24)9-8-15-7-6-10-26-19-14-17(23-3)16(22)13-18(19)25(5-2)21(15)26/h8-9,13-14H,4-7,10-12H2,1-2H3/q+1. The van der Waals surface area contributed by atoms with Crippen LogP contribution in [0.25, 0.3) is 21.5 Å². The van der Waals surface area contributed by atoms with E-state index in [0.717, 1.165) is 43.5 Å². The maximum atomic E-state index is 7.44. The summed E-state index contributed by atoms with van der Waals surface area (Å²) in [6, 6.07) is 4.15.